The van der Waals surface area contributed by atoms with Crippen LogP contribution >= 0.6 is 15.9 Å². The summed E-state index contributed by atoms with van der Waals surface area (Å²) in [5, 5.41) is 13.3. The van der Waals surface area contributed by atoms with E-state index in [0.717, 1.165) is 10.4 Å². The monoisotopic (exact) mass is 482 g/mol. The van der Waals surface area contributed by atoms with Crippen LogP contribution in [0.4, 0.5) is 9.18 Å². The number of aliphatic hydroxyl groups is 1. The van der Waals surface area contributed by atoms with Crippen LogP contribution in [0.25, 0.3) is 11.3 Å². The second kappa shape index (κ2) is 8.28. The van der Waals surface area contributed by atoms with Gasteiger partial charge in [0.25, 0.3) is 0 Å². The van der Waals surface area contributed by atoms with Crippen LogP contribution in [0.1, 0.15) is 40.4 Å². The lowest BCUT2D eigenvalue weighted by molar-refractivity contribution is -0.0375. The van der Waals surface area contributed by atoms with Crippen molar-refractivity contribution in [3.8, 4) is 11.3 Å². The molecule has 3 rings (SSSR count). The third-order valence-electron chi connectivity index (χ3n) is 4.78. The molecule has 1 aliphatic rings. The number of hydrogen-bond donors (Lipinski definition) is 2. The lowest BCUT2D eigenvalue weighted by Gasteiger charge is -2.42. The fraction of sp³-hybridized carbons (Fsp3) is 0.524. The molecule has 0 spiro atoms. The van der Waals surface area contributed by atoms with E-state index < -0.39 is 23.5 Å². The summed E-state index contributed by atoms with van der Waals surface area (Å²) in [6.07, 6.45) is -1.48. The molecule has 1 aromatic heterocycles. The molecule has 0 aliphatic carbocycles. The van der Waals surface area contributed by atoms with Crippen LogP contribution in [0.3, 0.4) is 0 Å². The molecule has 1 aliphatic heterocycles. The predicted octanol–water partition coefficient (Wildman–Crippen LogP) is 3.85. The van der Waals surface area contributed by atoms with Crippen molar-refractivity contribution >= 4 is 22.0 Å². The number of halogens is 2. The number of fused-ring (bicyclic) bond motifs is 1. The van der Waals surface area contributed by atoms with Gasteiger partial charge in [-0.25, -0.2) is 14.2 Å². The number of imidazole rings is 1. The Morgan fingerprint density at radius 2 is 2.13 bits per heavy atom. The maximum absolute atomic E-state index is 13.7. The zero-order chi connectivity index (χ0) is 22.3. The fourth-order valence-corrected chi connectivity index (χ4v) is 4.62. The van der Waals surface area contributed by atoms with E-state index in [2.05, 4.69) is 25.8 Å². The molecule has 164 valence electrons. The highest BCUT2D eigenvalue weighted by molar-refractivity contribution is 9.10. The Kier molecular flexibility index (Phi) is 6.27. The predicted molar refractivity (Wildman–Crippen MR) is 115 cm³/mol. The summed E-state index contributed by atoms with van der Waals surface area (Å²) < 4.78 is 21.8. The standard InChI is InChI=1S/C21H28BrFN4O3/c1-20(2,3)30-19(29)24-10-16(28)26-11-15-25-17(13-7-6-8-14(23)9-13)18(22)27(15)21(4,5)12-26/h6-9,16,28H,10-12H2,1-5H3,(H,24,29). The maximum atomic E-state index is 13.7. The minimum Gasteiger partial charge on any atom is -0.444 e. The average molecular weight is 483 g/mol. The van der Waals surface area contributed by atoms with Crippen LogP contribution in [-0.4, -0.2) is 50.6 Å². The quantitative estimate of drug-likeness (QED) is 0.691. The van der Waals surface area contributed by atoms with Gasteiger partial charge in [-0.05, 0) is 62.7 Å². The van der Waals surface area contributed by atoms with Crippen molar-refractivity contribution in [1.82, 2.24) is 19.8 Å². The van der Waals surface area contributed by atoms with Gasteiger partial charge in [-0.15, -0.1) is 0 Å². The van der Waals surface area contributed by atoms with Crippen molar-refractivity contribution in [2.45, 2.75) is 58.5 Å². The van der Waals surface area contributed by atoms with Crippen LogP contribution < -0.4 is 5.32 Å². The van der Waals surface area contributed by atoms with Crippen LogP contribution in [0.2, 0.25) is 0 Å². The molecule has 0 bridgehead atoms. The Balaban J connectivity index is 1.78. The van der Waals surface area contributed by atoms with Crippen molar-refractivity contribution in [2.75, 3.05) is 13.1 Å². The Hall–Kier alpha value is -1.97. The summed E-state index contributed by atoms with van der Waals surface area (Å²) in [4.78, 5) is 18.5. The first-order valence-electron chi connectivity index (χ1n) is 9.80. The van der Waals surface area contributed by atoms with E-state index in [1.54, 1.807) is 26.8 Å². The lowest BCUT2D eigenvalue weighted by atomic mass is 10.0. The molecular formula is C21H28BrFN4O3. The SMILES string of the molecule is CC(C)(C)OC(=O)NCC(O)N1Cc2nc(-c3cccc(F)c3)c(Br)n2C(C)(C)C1. The second-order valence-electron chi connectivity index (χ2n) is 9.09. The number of nitrogens with one attached hydrogen (secondary N) is 1. The van der Waals surface area contributed by atoms with Gasteiger partial charge in [0.2, 0.25) is 0 Å². The molecule has 1 unspecified atom stereocenters. The minimum absolute atomic E-state index is 0.0314. The average Bonchev–Trinajstić information content (AvgIpc) is 2.95. The lowest BCUT2D eigenvalue weighted by Crippen LogP contribution is -2.53. The van der Waals surface area contributed by atoms with Gasteiger partial charge in [-0.2, -0.15) is 0 Å². The largest absolute Gasteiger partial charge is 0.444 e. The molecule has 2 aromatic rings. The molecule has 0 saturated carbocycles. The van der Waals surface area contributed by atoms with Crippen molar-refractivity contribution in [1.29, 1.82) is 0 Å². The molecule has 0 saturated heterocycles. The first-order valence-corrected chi connectivity index (χ1v) is 10.6. The number of nitrogens with zero attached hydrogens (tertiary/aromatic N) is 3. The van der Waals surface area contributed by atoms with E-state index in [-0.39, 0.29) is 12.4 Å². The fourth-order valence-electron chi connectivity index (χ4n) is 3.62. The Morgan fingerprint density at radius 3 is 2.77 bits per heavy atom. The summed E-state index contributed by atoms with van der Waals surface area (Å²) in [7, 11) is 0. The van der Waals surface area contributed by atoms with Gasteiger partial charge in [0.05, 0.1) is 18.6 Å². The molecule has 1 atom stereocenters. The van der Waals surface area contributed by atoms with E-state index in [1.165, 1.54) is 12.1 Å². The molecule has 1 amide bonds. The maximum Gasteiger partial charge on any atom is 0.407 e. The van der Waals surface area contributed by atoms with Gasteiger partial charge in [-0.3, -0.25) is 4.90 Å². The van der Waals surface area contributed by atoms with Crippen LogP contribution in [0, 0.1) is 5.82 Å². The molecule has 0 radical (unpaired) electrons. The van der Waals surface area contributed by atoms with Gasteiger partial charge in [0.1, 0.15) is 33.8 Å². The number of carbonyl (C=O) groups excluding carboxylic acids is 1. The van der Waals surface area contributed by atoms with E-state index in [9.17, 15) is 14.3 Å². The normalized spacial score (nSPS) is 17.3. The number of aromatic nitrogens is 2. The third kappa shape index (κ3) is 5.01. The van der Waals surface area contributed by atoms with Crippen LogP contribution in [0.5, 0.6) is 0 Å². The highest BCUT2D eigenvalue weighted by Crippen LogP contribution is 2.37. The van der Waals surface area contributed by atoms with E-state index in [4.69, 9.17) is 9.72 Å². The summed E-state index contributed by atoms with van der Waals surface area (Å²) in [6.45, 7) is 10.4. The Bertz CT molecular complexity index is 939. The first-order chi connectivity index (χ1) is 13.9. The van der Waals surface area contributed by atoms with Crippen molar-refractivity contribution in [2.24, 2.45) is 0 Å². The molecule has 9 heteroatoms. The number of amides is 1. The number of benzene rings is 1. The number of hydrogen-bond acceptors (Lipinski definition) is 5. The van der Waals surface area contributed by atoms with Crippen molar-refractivity contribution in [3.05, 3.63) is 40.5 Å². The molecule has 0 fully saturated rings. The highest BCUT2D eigenvalue weighted by atomic mass is 79.9. The minimum atomic E-state index is -0.904. The topological polar surface area (TPSA) is 79.6 Å². The molecule has 7 nitrogen and oxygen atoms in total. The van der Waals surface area contributed by atoms with Gasteiger partial charge >= 0.3 is 6.09 Å². The number of ether oxygens (including phenoxy) is 1. The van der Waals surface area contributed by atoms with Gasteiger partial charge in [0.15, 0.2) is 0 Å². The number of aliphatic hydroxyl groups excluding tert-OH is 1. The zero-order valence-electron chi connectivity index (χ0n) is 17.9. The van der Waals surface area contributed by atoms with Crippen molar-refractivity contribution in [3.63, 3.8) is 0 Å². The molecular weight excluding hydrogens is 455 g/mol. The first kappa shape index (κ1) is 22.7. The summed E-state index contributed by atoms with van der Waals surface area (Å²) in [5.74, 6) is 0.420. The second-order valence-corrected chi connectivity index (χ2v) is 9.85. The van der Waals surface area contributed by atoms with Gasteiger partial charge in [-0.1, -0.05) is 12.1 Å². The summed E-state index contributed by atoms with van der Waals surface area (Å²) in [6, 6.07) is 6.31. The van der Waals surface area contributed by atoms with E-state index >= 15 is 0 Å². The van der Waals surface area contributed by atoms with Gasteiger partial charge in [0, 0.05) is 12.1 Å². The summed E-state index contributed by atoms with van der Waals surface area (Å²) >= 11 is 3.63. The Morgan fingerprint density at radius 1 is 1.43 bits per heavy atom. The molecule has 2 N–H and O–H groups in total. The third-order valence-corrected chi connectivity index (χ3v) is 5.51. The highest BCUT2D eigenvalue weighted by Gasteiger charge is 2.37. The van der Waals surface area contributed by atoms with E-state index in [1.807, 2.05) is 24.8 Å². The number of rotatable bonds is 4. The van der Waals surface area contributed by atoms with Gasteiger partial charge < -0.3 is 19.7 Å². The molecule has 1 aromatic carbocycles. The molecule has 2 heterocycles. The van der Waals surface area contributed by atoms with Crippen molar-refractivity contribution < 1.29 is 19.0 Å². The zero-order valence-corrected chi connectivity index (χ0v) is 19.5. The van der Waals surface area contributed by atoms with E-state index in [0.29, 0.717) is 24.3 Å². The summed E-state index contributed by atoms with van der Waals surface area (Å²) in [5.41, 5.74) is 0.337. The van der Waals surface area contributed by atoms with Crippen LogP contribution in [0.15, 0.2) is 28.9 Å². The number of alkyl carbamates (subject to hydrolysis) is 1. The number of carbonyl (C=O) groups is 1. The van der Waals surface area contributed by atoms with Crippen LogP contribution in [-0.2, 0) is 16.8 Å². The Labute approximate surface area is 184 Å². The molecule has 30 heavy (non-hydrogen) atoms. The smallest absolute Gasteiger partial charge is 0.407 e.